The minimum Gasteiger partial charge on any atom is -0.493 e. The molecule has 1 saturated carbocycles. The second-order valence-corrected chi connectivity index (χ2v) is 6.40. The van der Waals surface area contributed by atoms with Crippen molar-refractivity contribution in [1.29, 1.82) is 0 Å². The topological polar surface area (TPSA) is 41.9 Å². The number of nitrogens with zero attached hydrogens (tertiary/aromatic N) is 1. The number of ether oxygens (including phenoxy) is 2. The first-order valence-electron chi connectivity index (χ1n) is 7.72. The van der Waals surface area contributed by atoms with Crippen LogP contribution in [0.15, 0.2) is 18.2 Å². The number of para-hydroxylation sites is 1. The van der Waals surface area contributed by atoms with Crippen molar-refractivity contribution >= 4 is 0 Å². The summed E-state index contributed by atoms with van der Waals surface area (Å²) in [6.07, 6.45) is 4.01. The highest BCUT2D eigenvalue weighted by Crippen LogP contribution is 2.51. The molecule has 1 saturated heterocycles. The van der Waals surface area contributed by atoms with Gasteiger partial charge in [0.05, 0.1) is 20.3 Å². The van der Waals surface area contributed by atoms with Gasteiger partial charge in [0.25, 0.3) is 0 Å². The minimum absolute atomic E-state index is 0.199. The lowest BCUT2D eigenvalue weighted by Gasteiger charge is -2.52. The van der Waals surface area contributed by atoms with Crippen molar-refractivity contribution in [1.82, 2.24) is 4.90 Å². The number of aliphatic hydroxyl groups is 1. The highest BCUT2D eigenvalue weighted by atomic mass is 16.5. The smallest absolute Gasteiger partial charge is 0.164 e. The Morgan fingerprint density at radius 2 is 2.10 bits per heavy atom. The normalized spacial score (nSPS) is 32.8. The molecular weight excluding hydrogens is 266 g/mol. The first kappa shape index (κ1) is 14.7. The zero-order valence-corrected chi connectivity index (χ0v) is 13.1. The average Bonchev–Trinajstić information content (AvgIpc) is 2.52. The number of hydrogen-bond acceptors (Lipinski definition) is 4. The Balaban J connectivity index is 2.09. The van der Waals surface area contributed by atoms with E-state index in [2.05, 4.69) is 18.0 Å². The number of rotatable bonds is 3. The molecule has 3 atom stereocenters. The molecule has 0 spiro atoms. The molecule has 1 N–H and O–H groups in total. The number of fused-ring (bicyclic) bond motifs is 2. The first-order valence-corrected chi connectivity index (χ1v) is 7.72. The molecule has 2 bridgehead atoms. The number of hydrogen-bond donors (Lipinski definition) is 1. The number of likely N-dealkylation sites (tertiary alicyclic amines) is 1. The number of benzene rings is 1. The highest BCUT2D eigenvalue weighted by Gasteiger charge is 2.50. The van der Waals surface area contributed by atoms with Gasteiger partial charge in [-0.3, -0.25) is 0 Å². The third-order valence-electron chi connectivity index (χ3n) is 5.42. The van der Waals surface area contributed by atoms with Crippen molar-refractivity contribution in [2.24, 2.45) is 0 Å². The molecule has 1 aromatic rings. The van der Waals surface area contributed by atoms with Crippen molar-refractivity contribution in [3.05, 3.63) is 23.8 Å². The molecule has 2 fully saturated rings. The van der Waals surface area contributed by atoms with Crippen molar-refractivity contribution in [3.8, 4) is 11.5 Å². The summed E-state index contributed by atoms with van der Waals surface area (Å²) < 4.78 is 11.1. The number of likely N-dealkylation sites (N-methyl/N-ethyl adjacent to an activating group) is 1. The van der Waals surface area contributed by atoms with Gasteiger partial charge in [0.1, 0.15) is 0 Å². The van der Waals surface area contributed by atoms with E-state index < -0.39 is 0 Å². The Kier molecular flexibility index (Phi) is 3.84. The van der Waals surface area contributed by atoms with E-state index in [0.29, 0.717) is 6.04 Å². The summed E-state index contributed by atoms with van der Waals surface area (Å²) in [5.41, 5.74) is 0.907. The molecule has 1 aromatic carbocycles. The maximum absolute atomic E-state index is 10.8. The van der Waals surface area contributed by atoms with Gasteiger partial charge < -0.3 is 19.5 Å². The zero-order valence-electron chi connectivity index (χ0n) is 13.1. The standard InChI is InChI=1S/C17H25NO3/c1-18-11-15(19)17(9-5-6-12(18)10-17)13-7-4-8-14(20-2)16(13)21-3/h4,7-8,12,15,19H,5-6,9-11H2,1-3H3/t12?,15-,17?/m0/s1. The number of β-amino-alcohol motifs (C(OH)–C–C–N with tert-alkyl or cyclic N) is 1. The molecule has 1 aliphatic carbocycles. The number of aliphatic hydroxyl groups excluding tert-OH is 1. The molecule has 0 aromatic heterocycles. The summed E-state index contributed by atoms with van der Waals surface area (Å²) in [7, 11) is 5.46. The highest BCUT2D eigenvalue weighted by molar-refractivity contribution is 5.51. The minimum atomic E-state index is -0.361. The van der Waals surface area contributed by atoms with Crippen molar-refractivity contribution in [2.45, 2.75) is 43.2 Å². The summed E-state index contributed by atoms with van der Waals surface area (Å²) in [6, 6.07) is 6.57. The van der Waals surface area contributed by atoms with Crippen LogP contribution in [0.3, 0.4) is 0 Å². The Bertz CT molecular complexity index is 519. The van der Waals surface area contributed by atoms with Crippen molar-refractivity contribution < 1.29 is 14.6 Å². The summed E-state index contributed by atoms with van der Waals surface area (Å²) in [4.78, 5) is 2.30. The molecule has 3 rings (SSSR count). The van der Waals surface area contributed by atoms with E-state index in [0.717, 1.165) is 42.9 Å². The van der Waals surface area contributed by atoms with E-state index in [1.165, 1.54) is 6.42 Å². The lowest BCUT2D eigenvalue weighted by atomic mass is 9.61. The van der Waals surface area contributed by atoms with E-state index in [1.807, 2.05) is 12.1 Å². The van der Waals surface area contributed by atoms with E-state index in [9.17, 15) is 5.11 Å². The average molecular weight is 291 g/mol. The van der Waals surface area contributed by atoms with Crippen LogP contribution in [0.4, 0.5) is 0 Å². The zero-order chi connectivity index (χ0) is 15.0. The van der Waals surface area contributed by atoms with Gasteiger partial charge in [-0.15, -0.1) is 0 Å². The van der Waals surface area contributed by atoms with E-state index in [-0.39, 0.29) is 11.5 Å². The molecule has 4 heteroatoms. The van der Waals surface area contributed by atoms with Gasteiger partial charge in [-0.1, -0.05) is 18.6 Å². The van der Waals surface area contributed by atoms with Gasteiger partial charge in [0, 0.05) is 23.6 Å². The lowest BCUT2D eigenvalue weighted by molar-refractivity contribution is -0.0454. The van der Waals surface area contributed by atoms with Crippen LogP contribution in [0.5, 0.6) is 11.5 Å². The fourth-order valence-corrected chi connectivity index (χ4v) is 4.26. The van der Waals surface area contributed by atoms with Gasteiger partial charge in [0.15, 0.2) is 11.5 Å². The number of methoxy groups -OCH3 is 2. The maximum atomic E-state index is 10.8. The SMILES string of the molecule is COc1cccc(C23CCCC(C2)N(C)C[C@@H]3O)c1OC. The monoisotopic (exact) mass is 291 g/mol. The quantitative estimate of drug-likeness (QED) is 0.927. The second kappa shape index (κ2) is 5.50. The number of piperidine rings is 1. The van der Waals surface area contributed by atoms with Gasteiger partial charge in [-0.2, -0.15) is 0 Å². The van der Waals surface area contributed by atoms with Crippen LogP contribution in [0, 0.1) is 0 Å². The fourth-order valence-electron chi connectivity index (χ4n) is 4.26. The molecule has 2 unspecified atom stereocenters. The third-order valence-corrected chi connectivity index (χ3v) is 5.42. The molecule has 0 radical (unpaired) electrons. The van der Waals surface area contributed by atoms with Crippen LogP contribution in [-0.2, 0) is 5.41 Å². The summed E-state index contributed by atoms with van der Waals surface area (Å²) in [5.74, 6) is 1.53. The molecule has 1 aliphatic heterocycles. The Morgan fingerprint density at radius 3 is 2.81 bits per heavy atom. The fraction of sp³-hybridized carbons (Fsp3) is 0.647. The van der Waals surface area contributed by atoms with Crippen LogP contribution < -0.4 is 9.47 Å². The van der Waals surface area contributed by atoms with Gasteiger partial charge in [-0.25, -0.2) is 0 Å². The van der Waals surface area contributed by atoms with Crippen LogP contribution in [0.2, 0.25) is 0 Å². The molecule has 2 aliphatic rings. The van der Waals surface area contributed by atoms with E-state index in [1.54, 1.807) is 14.2 Å². The molecule has 116 valence electrons. The summed E-state index contributed by atoms with van der Waals surface area (Å²) in [6.45, 7) is 0.727. The molecule has 0 amide bonds. The van der Waals surface area contributed by atoms with Gasteiger partial charge in [0.2, 0.25) is 0 Å². The molecule has 1 heterocycles. The molecular formula is C17H25NO3. The Morgan fingerprint density at radius 1 is 1.29 bits per heavy atom. The van der Waals surface area contributed by atoms with Crippen molar-refractivity contribution in [3.63, 3.8) is 0 Å². The lowest BCUT2D eigenvalue weighted by Crippen LogP contribution is -2.58. The second-order valence-electron chi connectivity index (χ2n) is 6.40. The third kappa shape index (κ3) is 2.21. The van der Waals surface area contributed by atoms with Crippen LogP contribution in [-0.4, -0.2) is 50.0 Å². The summed E-state index contributed by atoms with van der Waals surface area (Å²) in [5, 5.41) is 10.8. The predicted molar refractivity (Wildman–Crippen MR) is 82.1 cm³/mol. The van der Waals surface area contributed by atoms with Crippen molar-refractivity contribution in [2.75, 3.05) is 27.8 Å². The van der Waals surface area contributed by atoms with Crippen LogP contribution in [0.1, 0.15) is 31.2 Å². The van der Waals surface area contributed by atoms with Crippen LogP contribution in [0.25, 0.3) is 0 Å². The van der Waals surface area contributed by atoms with Crippen LogP contribution >= 0.6 is 0 Å². The van der Waals surface area contributed by atoms with Gasteiger partial charge in [-0.05, 0) is 32.4 Å². The van der Waals surface area contributed by atoms with E-state index >= 15 is 0 Å². The largest absolute Gasteiger partial charge is 0.493 e. The predicted octanol–water partition coefficient (Wildman–Crippen LogP) is 2.19. The first-order chi connectivity index (χ1) is 10.1. The Labute approximate surface area is 126 Å². The molecule has 21 heavy (non-hydrogen) atoms. The Hall–Kier alpha value is -1.26. The van der Waals surface area contributed by atoms with E-state index in [4.69, 9.17) is 9.47 Å². The van der Waals surface area contributed by atoms with Gasteiger partial charge >= 0.3 is 0 Å². The molecule has 4 nitrogen and oxygen atoms in total. The maximum Gasteiger partial charge on any atom is 0.164 e. The summed E-state index contributed by atoms with van der Waals surface area (Å²) >= 11 is 0.